The third kappa shape index (κ3) is 3.57. The molecular formula is C15H17N5O5. The predicted molar refractivity (Wildman–Crippen MR) is 83.1 cm³/mol. The molecule has 1 aliphatic heterocycles. The molecule has 0 aromatic carbocycles. The van der Waals surface area contributed by atoms with E-state index in [0.717, 1.165) is 4.57 Å². The molecule has 0 atom stereocenters. The van der Waals surface area contributed by atoms with Gasteiger partial charge in [-0.3, -0.25) is 14.1 Å². The number of rotatable bonds is 4. The fourth-order valence-electron chi connectivity index (χ4n) is 2.75. The molecule has 2 aromatic rings. The Labute approximate surface area is 142 Å². The van der Waals surface area contributed by atoms with Gasteiger partial charge in [-0.05, 0) is 18.9 Å². The highest BCUT2D eigenvalue weighted by molar-refractivity contribution is 5.77. The van der Waals surface area contributed by atoms with Gasteiger partial charge in [0.1, 0.15) is 6.54 Å². The summed E-state index contributed by atoms with van der Waals surface area (Å²) in [5.74, 6) is -1.16. The van der Waals surface area contributed by atoms with E-state index in [4.69, 9.17) is 4.74 Å². The largest absolute Gasteiger partial charge is 0.469 e. The summed E-state index contributed by atoms with van der Waals surface area (Å²) in [5.41, 5.74) is 0. The van der Waals surface area contributed by atoms with E-state index < -0.39 is 5.76 Å². The predicted octanol–water partition coefficient (Wildman–Crippen LogP) is -0.295. The number of carbonyl (C=O) groups excluding carboxylic acids is 2. The number of hydrogen-bond donors (Lipinski definition) is 0. The third-order valence-corrected chi connectivity index (χ3v) is 4.13. The number of piperidine rings is 1. The molecule has 25 heavy (non-hydrogen) atoms. The van der Waals surface area contributed by atoms with Gasteiger partial charge >= 0.3 is 11.7 Å². The van der Waals surface area contributed by atoms with Crippen LogP contribution in [0.5, 0.6) is 0 Å². The lowest BCUT2D eigenvalue weighted by atomic mass is 9.97. The van der Waals surface area contributed by atoms with Crippen molar-refractivity contribution >= 4 is 11.9 Å². The number of likely N-dealkylation sites (tertiary alicyclic amines) is 1. The summed E-state index contributed by atoms with van der Waals surface area (Å²) in [6, 6.07) is 1.63. The van der Waals surface area contributed by atoms with Crippen molar-refractivity contribution in [3.8, 4) is 11.6 Å². The zero-order valence-electron chi connectivity index (χ0n) is 13.6. The Morgan fingerprint density at radius 2 is 1.96 bits per heavy atom. The van der Waals surface area contributed by atoms with E-state index in [1.165, 1.54) is 19.5 Å². The van der Waals surface area contributed by atoms with Gasteiger partial charge in [0.15, 0.2) is 5.82 Å². The zero-order chi connectivity index (χ0) is 17.8. The summed E-state index contributed by atoms with van der Waals surface area (Å²) in [5, 5.41) is 3.65. The van der Waals surface area contributed by atoms with E-state index in [1.54, 1.807) is 11.0 Å². The van der Waals surface area contributed by atoms with Crippen LogP contribution in [0.25, 0.3) is 11.6 Å². The molecule has 0 bridgehead atoms. The number of esters is 1. The number of hydrogen-bond acceptors (Lipinski definition) is 8. The Bertz CT molecular complexity index is 807. The number of carbonyl (C=O) groups is 2. The maximum absolute atomic E-state index is 12.5. The Hall–Kier alpha value is -3.04. The fourth-order valence-corrected chi connectivity index (χ4v) is 2.75. The van der Waals surface area contributed by atoms with Crippen LogP contribution in [0.1, 0.15) is 12.8 Å². The van der Waals surface area contributed by atoms with Gasteiger partial charge in [-0.1, -0.05) is 5.16 Å². The van der Waals surface area contributed by atoms with E-state index in [9.17, 15) is 14.4 Å². The molecule has 3 heterocycles. The molecule has 3 rings (SSSR count). The minimum absolute atomic E-state index is 0.100. The van der Waals surface area contributed by atoms with Crippen molar-refractivity contribution < 1.29 is 18.8 Å². The molecule has 10 nitrogen and oxygen atoms in total. The summed E-state index contributed by atoms with van der Waals surface area (Å²) < 4.78 is 10.5. The lowest BCUT2D eigenvalue weighted by Gasteiger charge is -2.30. The third-order valence-electron chi connectivity index (χ3n) is 4.13. The van der Waals surface area contributed by atoms with Crippen LogP contribution >= 0.6 is 0 Å². The Balaban J connectivity index is 1.70. The second-order valence-electron chi connectivity index (χ2n) is 5.61. The molecule has 2 aromatic heterocycles. The van der Waals surface area contributed by atoms with Gasteiger partial charge in [-0.2, -0.15) is 0 Å². The van der Waals surface area contributed by atoms with E-state index in [0.29, 0.717) is 25.9 Å². The molecular weight excluding hydrogens is 330 g/mol. The molecule has 1 fully saturated rings. The van der Waals surface area contributed by atoms with Crippen LogP contribution in [0.4, 0.5) is 0 Å². The molecule has 10 heteroatoms. The summed E-state index contributed by atoms with van der Waals surface area (Å²) in [6.07, 6.45) is 4.08. The normalized spacial score (nSPS) is 15.2. The van der Waals surface area contributed by atoms with Crippen molar-refractivity contribution in [2.45, 2.75) is 19.4 Å². The number of nitrogens with zero attached hydrogens (tertiary/aromatic N) is 5. The molecule has 1 aliphatic rings. The quantitative estimate of drug-likeness (QED) is 0.692. The average molecular weight is 347 g/mol. The van der Waals surface area contributed by atoms with Crippen LogP contribution in [0.15, 0.2) is 27.8 Å². The fraction of sp³-hybridized carbons (Fsp3) is 0.467. The van der Waals surface area contributed by atoms with E-state index in [-0.39, 0.29) is 36.0 Å². The van der Waals surface area contributed by atoms with Crippen molar-refractivity contribution in [3.05, 3.63) is 29.0 Å². The lowest BCUT2D eigenvalue weighted by Crippen LogP contribution is -2.42. The number of aromatic nitrogens is 4. The first-order chi connectivity index (χ1) is 12.1. The molecule has 0 saturated carbocycles. The minimum Gasteiger partial charge on any atom is -0.469 e. The highest BCUT2D eigenvalue weighted by Gasteiger charge is 2.29. The minimum atomic E-state index is -0.750. The van der Waals surface area contributed by atoms with E-state index in [1.807, 2.05) is 0 Å². The van der Waals surface area contributed by atoms with Crippen molar-refractivity contribution in [2.75, 3.05) is 20.2 Å². The lowest BCUT2D eigenvalue weighted by molar-refractivity contribution is -0.149. The van der Waals surface area contributed by atoms with Gasteiger partial charge in [0.05, 0.1) is 13.0 Å². The van der Waals surface area contributed by atoms with E-state index >= 15 is 0 Å². The topological polar surface area (TPSA) is 120 Å². The van der Waals surface area contributed by atoms with Crippen LogP contribution in [-0.4, -0.2) is 56.7 Å². The van der Waals surface area contributed by atoms with Crippen molar-refractivity contribution in [2.24, 2.45) is 5.92 Å². The monoisotopic (exact) mass is 347 g/mol. The Kier molecular flexibility index (Phi) is 4.87. The number of methoxy groups -OCH3 is 1. The van der Waals surface area contributed by atoms with Gasteiger partial charge in [0.2, 0.25) is 11.7 Å². The number of amides is 1. The highest BCUT2D eigenvalue weighted by atomic mass is 16.5. The summed E-state index contributed by atoms with van der Waals surface area (Å²) >= 11 is 0. The standard InChI is InChI=1S/C15H17N5O5/c1-24-14(22)10-3-7-19(8-4-10)11(21)9-20-13(18-25-15(20)23)12-16-5-2-6-17-12/h2,5-6,10H,3-4,7-9H2,1H3. The smallest absolute Gasteiger partial charge is 0.442 e. The highest BCUT2D eigenvalue weighted by Crippen LogP contribution is 2.19. The van der Waals surface area contributed by atoms with Crippen LogP contribution in [0, 0.1) is 5.92 Å². The van der Waals surface area contributed by atoms with Crippen molar-refractivity contribution in [1.82, 2.24) is 24.6 Å². The maximum Gasteiger partial charge on any atom is 0.442 e. The van der Waals surface area contributed by atoms with Crippen LogP contribution in [0.2, 0.25) is 0 Å². The molecule has 1 saturated heterocycles. The van der Waals surface area contributed by atoms with E-state index in [2.05, 4.69) is 19.6 Å². The van der Waals surface area contributed by atoms with Gasteiger partial charge in [0, 0.05) is 25.5 Å². The molecule has 0 radical (unpaired) electrons. The summed E-state index contributed by atoms with van der Waals surface area (Å²) in [7, 11) is 1.35. The van der Waals surface area contributed by atoms with Crippen LogP contribution in [-0.2, 0) is 20.9 Å². The van der Waals surface area contributed by atoms with Gasteiger partial charge in [-0.15, -0.1) is 0 Å². The summed E-state index contributed by atoms with van der Waals surface area (Å²) in [4.78, 5) is 45.5. The zero-order valence-corrected chi connectivity index (χ0v) is 13.6. The summed E-state index contributed by atoms with van der Waals surface area (Å²) in [6.45, 7) is 0.629. The van der Waals surface area contributed by atoms with Gasteiger partial charge in [0.25, 0.3) is 0 Å². The van der Waals surface area contributed by atoms with Crippen LogP contribution in [0.3, 0.4) is 0 Å². The molecule has 0 aliphatic carbocycles. The molecule has 0 spiro atoms. The first-order valence-corrected chi connectivity index (χ1v) is 7.79. The maximum atomic E-state index is 12.5. The van der Waals surface area contributed by atoms with Crippen LogP contribution < -0.4 is 5.76 Å². The first kappa shape index (κ1) is 16.8. The molecule has 132 valence electrons. The SMILES string of the molecule is COC(=O)C1CCN(C(=O)Cn2c(-c3ncccn3)noc2=O)CC1. The first-order valence-electron chi connectivity index (χ1n) is 7.79. The van der Waals surface area contributed by atoms with Gasteiger partial charge in [-0.25, -0.2) is 19.3 Å². The second kappa shape index (κ2) is 7.24. The average Bonchev–Trinajstić information content (AvgIpc) is 3.02. The second-order valence-corrected chi connectivity index (χ2v) is 5.61. The number of ether oxygens (including phenoxy) is 1. The Morgan fingerprint density at radius 3 is 2.60 bits per heavy atom. The molecule has 1 amide bonds. The van der Waals surface area contributed by atoms with Crippen molar-refractivity contribution in [3.63, 3.8) is 0 Å². The Morgan fingerprint density at radius 1 is 1.28 bits per heavy atom. The van der Waals surface area contributed by atoms with Crippen molar-refractivity contribution in [1.29, 1.82) is 0 Å². The van der Waals surface area contributed by atoms with Gasteiger partial charge < -0.3 is 9.64 Å². The molecule has 0 unspecified atom stereocenters. The molecule has 0 N–H and O–H groups in total.